The largest absolute Gasteiger partial charge is 0.365 e. The van der Waals surface area contributed by atoms with Crippen LogP contribution >= 0.6 is 0 Å². The summed E-state index contributed by atoms with van der Waals surface area (Å²) in [6, 6.07) is 3.54. The molecule has 1 N–H and O–H groups in total. The highest BCUT2D eigenvalue weighted by Crippen LogP contribution is 2.22. The molecule has 0 spiro atoms. The highest BCUT2D eigenvalue weighted by molar-refractivity contribution is 5.57. The first-order chi connectivity index (χ1) is 9.24. The van der Waals surface area contributed by atoms with Crippen molar-refractivity contribution in [2.75, 3.05) is 31.1 Å². The predicted molar refractivity (Wildman–Crippen MR) is 69.3 cm³/mol. The molecule has 0 unspecified atom stereocenters. The van der Waals surface area contributed by atoms with Gasteiger partial charge >= 0.3 is 0 Å². The average Bonchev–Trinajstić information content (AvgIpc) is 2.86. The summed E-state index contributed by atoms with van der Waals surface area (Å²) < 4.78 is 15.7. The zero-order chi connectivity index (χ0) is 13.2. The van der Waals surface area contributed by atoms with Crippen LogP contribution < -0.4 is 10.2 Å². The van der Waals surface area contributed by atoms with Gasteiger partial charge in [0.15, 0.2) is 0 Å². The number of pyridine rings is 1. The number of piperazine rings is 1. The van der Waals surface area contributed by atoms with Gasteiger partial charge in [0.05, 0.1) is 17.6 Å². The van der Waals surface area contributed by atoms with E-state index >= 15 is 0 Å². The fraction of sp³-hybridized carbons (Fsp3) is 0.417. The number of aromatic nitrogens is 4. The van der Waals surface area contributed by atoms with Crippen molar-refractivity contribution in [3.8, 4) is 11.4 Å². The second-order valence-corrected chi connectivity index (χ2v) is 4.52. The molecule has 1 saturated heterocycles. The minimum absolute atomic E-state index is 0.454. The summed E-state index contributed by atoms with van der Waals surface area (Å²) in [4.78, 5) is 5.99. The summed E-state index contributed by atoms with van der Waals surface area (Å²) in [6.45, 7) is 3.32. The minimum atomic E-state index is -0.454. The maximum atomic E-state index is 14.1. The van der Waals surface area contributed by atoms with Crippen molar-refractivity contribution in [3.05, 3.63) is 24.3 Å². The second-order valence-electron chi connectivity index (χ2n) is 4.52. The minimum Gasteiger partial charge on any atom is -0.365 e. The second kappa shape index (κ2) is 4.93. The summed E-state index contributed by atoms with van der Waals surface area (Å²) in [6.07, 6.45) is 1.71. The number of anilines is 1. The fourth-order valence-corrected chi connectivity index (χ4v) is 2.18. The Morgan fingerprint density at radius 3 is 2.63 bits per heavy atom. The first-order valence-corrected chi connectivity index (χ1v) is 6.23. The topological polar surface area (TPSA) is 58.9 Å². The fourth-order valence-electron chi connectivity index (χ4n) is 2.18. The summed E-state index contributed by atoms with van der Waals surface area (Å²) in [5, 5.41) is 11.0. The van der Waals surface area contributed by atoms with E-state index in [1.54, 1.807) is 30.1 Å². The molecule has 2 aromatic heterocycles. The van der Waals surface area contributed by atoms with Crippen LogP contribution in [0.15, 0.2) is 18.3 Å². The average molecular weight is 262 g/mol. The van der Waals surface area contributed by atoms with Crippen LogP contribution in [0.1, 0.15) is 0 Å². The Kier molecular flexibility index (Phi) is 3.12. The van der Waals surface area contributed by atoms with Gasteiger partial charge in [-0.1, -0.05) is 5.21 Å². The lowest BCUT2D eigenvalue weighted by Gasteiger charge is -2.29. The van der Waals surface area contributed by atoms with Crippen molar-refractivity contribution >= 4 is 5.69 Å². The number of hydrogen-bond acceptors (Lipinski definition) is 5. The Morgan fingerprint density at radius 1 is 1.21 bits per heavy atom. The maximum absolute atomic E-state index is 14.1. The van der Waals surface area contributed by atoms with Crippen LogP contribution in [0.4, 0.5) is 10.1 Å². The monoisotopic (exact) mass is 262 g/mol. The van der Waals surface area contributed by atoms with Crippen molar-refractivity contribution in [3.63, 3.8) is 0 Å². The smallest absolute Gasteiger partial charge is 0.237 e. The van der Waals surface area contributed by atoms with Crippen molar-refractivity contribution in [1.29, 1.82) is 0 Å². The lowest BCUT2D eigenvalue weighted by molar-refractivity contribution is 0.549. The SMILES string of the molecule is Cn1cc(-c2ccc(N3CCNCC3)c(F)n2)nn1. The Hall–Kier alpha value is -2.02. The molecule has 6 nitrogen and oxygen atoms in total. The molecule has 1 fully saturated rings. The van der Waals surface area contributed by atoms with Crippen LogP contribution in [0, 0.1) is 5.95 Å². The van der Waals surface area contributed by atoms with Gasteiger partial charge in [0.2, 0.25) is 5.95 Å². The van der Waals surface area contributed by atoms with Gasteiger partial charge in [0.25, 0.3) is 0 Å². The molecule has 3 heterocycles. The van der Waals surface area contributed by atoms with Gasteiger partial charge in [0.1, 0.15) is 5.69 Å². The molecule has 100 valence electrons. The number of aryl methyl sites for hydroxylation is 1. The van der Waals surface area contributed by atoms with Crippen molar-refractivity contribution in [2.24, 2.45) is 7.05 Å². The van der Waals surface area contributed by atoms with E-state index in [2.05, 4.69) is 20.6 Å². The molecule has 0 radical (unpaired) electrons. The Morgan fingerprint density at radius 2 is 2.00 bits per heavy atom. The van der Waals surface area contributed by atoms with E-state index in [1.165, 1.54) is 0 Å². The summed E-state index contributed by atoms with van der Waals surface area (Å²) in [5.74, 6) is -0.454. The van der Waals surface area contributed by atoms with Crippen LogP contribution in [0.2, 0.25) is 0 Å². The molecule has 1 aliphatic rings. The Labute approximate surface area is 110 Å². The predicted octanol–water partition coefficient (Wildman–Crippen LogP) is 0.426. The van der Waals surface area contributed by atoms with Gasteiger partial charge in [-0.15, -0.1) is 5.10 Å². The zero-order valence-corrected chi connectivity index (χ0v) is 10.7. The quantitative estimate of drug-likeness (QED) is 0.795. The van der Waals surface area contributed by atoms with Gasteiger partial charge < -0.3 is 10.2 Å². The number of rotatable bonds is 2. The Balaban J connectivity index is 1.89. The molecular formula is C12H15FN6. The van der Waals surface area contributed by atoms with Crippen molar-refractivity contribution < 1.29 is 4.39 Å². The molecule has 0 amide bonds. The molecule has 3 rings (SSSR count). The molecule has 0 saturated carbocycles. The number of nitrogens with one attached hydrogen (secondary N) is 1. The zero-order valence-electron chi connectivity index (χ0n) is 10.7. The molecule has 2 aromatic rings. The molecule has 7 heteroatoms. The van der Waals surface area contributed by atoms with E-state index in [4.69, 9.17) is 0 Å². The normalized spacial score (nSPS) is 15.8. The highest BCUT2D eigenvalue weighted by Gasteiger charge is 2.16. The van der Waals surface area contributed by atoms with Crippen LogP contribution in [-0.2, 0) is 7.05 Å². The molecule has 0 aliphatic carbocycles. The van der Waals surface area contributed by atoms with Gasteiger partial charge in [-0.2, -0.15) is 4.39 Å². The van der Waals surface area contributed by atoms with E-state index in [9.17, 15) is 4.39 Å². The van der Waals surface area contributed by atoms with Gasteiger partial charge in [-0.05, 0) is 12.1 Å². The Bertz CT molecular complexity index is 575. The number of nitrogens with zero attached hydrogens (tertiary/aromatic N) is 5. The first kappa shape index (κ1) is 12.0. The van der Waals surface area contributed by atoms with Gasteiger partial charge in [-0.3, -0.25) is 4.68 Å². The van der Waals surface area contributed by atoms with Crippen LogP contribution in [-0.4, -0.2) is 46.2 Å². The van der Waals surface area contributed by atoms with Crippen LogP contribution in [0.25, 0.3) is 11.4 Å². The molecular weight excluding hydrogens is 247 g/mol. The van der Waals surface area contributed by atoms with E-state index in [1.807, 2.05) is 4.90 Å². The van der Waals surface area contributed by atoms with Crippen LogP contribution in [0.5, 0.6) is 0 Å². The summed E-state index contributed by atoms with van der Waals surface area (Å²) in [5.41, 5.74) is 1.63. The summed E-state index contributed by atoms with van der Waals surface area (Å²) in [7, 11) is 1.77. The van der Waals surface area contributed by atoms with E-state index in [0.29, 0.717) is 17.1 Å². The van der Waals surface area contributed by atoms with Crippen LogP contribution in [0.3, 0.4) is 0 Å². The van der Waals surface area contributed by atoms with Gasteiger partial charge in [-0.25, -0.2) is 4.98 Å². The standard InChI is InChI=1S/C12H15FN6/c1-18-8-10(16-17-18)9-2-3-11(12(13)15-9)19-6-4-14-5-7-19/h2-3,8,14H,4-7H2,1H3. The van der Waals surface area contributed by atoms with E-state index in [-0.39, 0.29) is 0 Å². The van der Waals surface area contributed by atoms with Gasteiger partial charge in [0, 0.05) is 33.2 Å². The van der Waals surface area contributed by atoms with Crippen molar-refractivity contribution in [1.82, 2.24) is 25.3 Å². The third-order valence-corrected chi connectivity index (χ3v) is 3.15. The molecule has 1 aliphatic heterocycles. The highest BCUT2D eigenvalue weighted by atomic mass is 19.1. The molecule has 0 aromatic carbocycles. The third-order valence-electron chi connectivity index (χ3n) is 3.15. The maximum Gasteiger partial charge on any atom is 0.237 e. The lowest BCUT2D eigenvalue weighted by atomic mass is 10.2. The molecule has 0 atom stereocenters. The number of halogens is 1. The lowest BCUT2D eigenvalue weighted by Crippen LogP contribution is -2.44. The van der Waals surface area contributed by atoms with E-state index in [0.717, 1.165) is 26.2 Å². The third kappa shape index (κ3) is 2.41. The number of hydrogen-bond donors (Lipinski definition) is 1. The first-order valence-electron chi connectivity index (χ1n) is 6.23. The van der Waals surface area contributed by atoms with Crippen molar-refractivity contribution in [2.45, 2.75) is 0 Å². The molecule has 19 heavy (non-hydrogen) atoms. The summed E-state index contributed by atoms with van der Waals surface area (Å²) >= 11 is 0. The van der Waals surface area contributed by atoms with E-state index < -0.39 is 5.95 Å². The molecule has 0 bridgehead atoms.